The molecule has 0 saturated heterocycles. The Hall–Kier alpha value is -2.94. The molecule has 3 aromatic carbocycles. The van der Waals surface area contributed by atoms with Crippen LogP contribution in [-0.4, -0.2) is 27.7 Å². The lowest BCUT2D eigenvalue weighted by Crippen LogP contribution is -2.40. The molecule has 0 atom stereocenters. The summed E-state index contributed by atoms with van der Waals surface area (Å²) in [5.74, 6) is 0.746. The number of carbonyl (C=O) groups excluding carboxylic acids is 1. The Morgan fingerprint density at radius 3 is 2.42 bits per heavy atom. The summed E-state index contributed by atoms with van der Waals surface area (Å²) in [4.78, 5) is 12.8. The molecule has 1 N–H and O–H groups in total. The standard InChI is InChI=1S/C23H20Cl2N2O5S/c1-15-2-6-18(7-3-15)33(29,30)27(17-5-8-19(24)20(25)11-17)13-23(28)26-12-16-4-9-21-22(10-16)32-14-31-21/h2-11H,12-14H2,1H3,(H,26,28). The van der Waals surface area contributed by atoms with E-state index in [1.807, 2.05) is 6.92 Å². The topological polar surface area (TPSA) is 84.9 Å². The van der Waals surface area contributed by atoms with Gasteiger partial charge >= 0.3 is 0 Å². The summed E-state index contributed by atoms with van der Waals surface area (Å²) in [7, 11) is -4.05. The Bertz CT molecular complexity index is 1300. The number of benzene rings is 3. The zero-order chi connectivity index (χ0) is 23.6. The molecule has 0 unspecified atom stereocenters. The van der Waals surface area contributed by atoms with Crippen LogP contribution in [0, 0.1) is 6.92 Å². The van der Waals surface area contributed by atoms with Gasteiger partial charge in [0.2, 0.25) is 12.7 Å². The molecule has 1 aliphatic rings. The number of hydrogen-bond donors (Lipinski definition) is 1. The molecule has 4 rings (SSSR count). The summed E-state index contributed by atoms with van der Waals surface area (Å²) in [5.41, 5.74) is 1.93. The summed E-state index contributed by atoms with van der Waals surface area (Å²) >= 11 is 12.1. The maximum absolute atomic E-state index is 13.4. The van der Waals surface area contributed by atoms with Crippen LogP contribution in [0.5, 0.6) is 11.5 Å². The number of hydrogen-bond acceptors (Lipinski definition) is 5. The predicted octanol–water partition coefficient (Wildman–Crippen LogP) is 4.54. The molecule has 0 saturated carbocycles. The van der Waals surface area contributed by atoms with E-state index in [1.165, 1.54) is 30.3 Å². The van der Waals surface area contributed by atoms with E-state index in [-0.39, 0.29) is 34.0 Å². The second-order valence-corrected chi connectivity index (χ2v) is 10.1. The number of carbonyl (C=O) groups is 1. The van der Waals surface area contributed by atoms with Gasteiger partial charge in [-0.1, -0.05) is 47.0 Å². The summed E-state index contributed by atoms with van der Waals surface area (Å²) in [5, 5.41) is 3.21. The summed E-state index contributed by atoms with van der Waals surface area (Å²) in [6, 6.07) is 16.1. The van der Waals surface area contributed by atoms with Crippen LogP contribution >= 0.6 is 23.2 Å². The smallest absolute Gasteiger partial charge is 0.264 e. The minimum Gasteiger partial charge on any atom is -0.454 e. The average Bonchev–Trinajstić information content (AvgIpc) is 3.26. The minimum atomic E-state index is -4.05. The van der Waals surface area contributed by atoms with Gasteiger partial charge in [-0.05, 0) is 55.0 Å². The second-order valence-electron chi connectivity index (χ2n) is 7.39. The van der Waals surface area contributed by atoms with Crippen molar-refractivity contribution < 1.29 is 22.7 Å². The number of sulfonamides is 1. The highest BCUT2D eigenvalue weighted by Crippen LogP contribution is 2.33. The van der Waals surface area contributed by atoms with Gasteiger partial charge in [0.25, 0.3) is 10.0 Å². The number of halogens is 2. The maximum Gasteiger partial charge on any atom is 0.264 e. The lowest BCUT2D eigenvalue weighted by atomic mass is 10.2. The Balaban J connectivity index is 1.57. The Labute approximate surface area is 201 Å². The Morgan fingerprint density at radius 2 is 1.70 bits per heavy atom. The van der Waals surface area contributed by atoms with Crippen molar-refractivity contribution >= 4 is 44.8 Å². The average molecular weight is 507 g/mol. The first kappa shape index (κ1) is 23.2. The quantitative estimate of drug-likeness (QED) is 0.508. The van der Waals surface area contributed by atoms with Crippen molar-refractivity contribution in [3.63, 3.8) is 0 Å². The third-order valence-corrected chi connectivity index (χ3v) is 7.54. The normalized spacial score (nSPS) is 12.5. The van der Waals surface area contributed by atoms with Crippen LogP contribution in [0.2, 0.25) is 10.0 Å². The van der Waals surface area contributed by atoms with Crippen molar-refractivity contribution in [2.24, 2.45) is 0 Å². The first-order valence-corrected chi connectivity index (χ1v) is 12.1. The number of rotatable bonds is 7. The zero-order valence-corrected chi connectivity index (χ0v) is 19.9. The van der Waals surface area contributed by atoms with Crippen LogP contribution in [0.1, 0.15) is 11.1 Å². The Morgan fingerprint density at radius 1 is 0.970 bits per heavy atom. The molecule has 0 aromatic heterocycles. The zero-order valence-electron chi connectivity index (χ0n) is 17.5. The molecule has 1 amide bonds. The van der Waals surface area contributed by atoms with E-state index in [0.717, 1.165) is 15.4 Å². The molecule has 10 heteroatoms. The molecule has 0 radical (unpaired) electrons. The molecule has 0 spiro atoms. The third kappa shape index (κ3) is 5.19. The van der Waals surface area contributed by atoms with Gasteiger partial charge in [0.05, 0.1) is 20.6 Å². The molecule has 33 heavy (non-hydrogen) atoms. The van der Waals surface area contributed by atoms with E-state index in [2.05, 4.69) is 5.32 Å². The SMILES string of the molecule is Cc1ccc(S(=O)(=O)N(CC(=O)NCc2ccc3c(c2)OCO3)c2ccc(Cl)c(Cl)c2)cc1. The number of amides is 1. The van der Waals surface area contributed by atoms with Gasteiger partial charge in [0.15, 0.2) is 11.5 Å². The van der Waals surface area contributed by atoms with E-state index in [0.29, 0.717) is 11.5 Å². The van der Waals surface area contributed by atoms with E-state index in [1.54, 1.807) is 30.3 Å². The number of anilines is 1. The number of fused-ring (bicyclic) bond motifs is 1. The predicted molar refractivity (Wildman–Crippen MR) is 127 cm³/mol. The van der Waals surface area contributed by atoms with Crippen LogP contribution in [-0.2, 0) is 21.4 Å². The van der Waals surface area contributed by atoms with Crippen molar-refractivity contribution in [3.05, 3.63) is 81.8 Å². The van der Waals surface area contributed by atoms with Crippen molar-refractivity contribution in [1.82, 2.24) is 5.32 Å². The largest absolute Gasteiger partial charge is 0.454 e. The maximum atomic E-state index is 13.4. The molecule has 0 fully saturated rings. The summed E-state index contributed by atoms with van der Waals surface area (Å²) in [6.07, 6.45) is 0. The van der Waals surface area contributed by atoms with Gasteiger partial charge < -0.3 is 14.8 Å². The molecule has 0 bridgehead atoms. The highest BCUT2D eigenvalue weighted by atomic mass is 35.5. The van der Waals surface area contributed by atoms with Crippen LogP contribution in [0.3, 0.4) is 0 Å². The fraction of sp³-hybridized carbons (Fsp3) is 0.174. The highest BCUT2D eigenvalue weighted by Gasteiger charge is 2.27. The van der Waals surface area contributed by atoms with Crippen LogP contribution in [0.4, 0.5) is 5.69 Å². The highest BCUT2D eigenvalue weighted by molar-refractivity contribution is 7.92. The van der Waals surface area contributed by atoms with E-state index >= 15 is 0 Å². The summed E-state index contributed by atoms with van der Waals surface area (Å²) < 4.78 is 38.5. The monoisotopic (exact) mass is 506 g/mol. The van der Waals surface area contributed by atoms with Crippen LogP contribution in [0.15, 0.2) is 65.6 Å². The van der Waals surface area contributed by atoms with Crippen LogP contribution in [0.25, 0.3) is 0 Å². The van der Waals surface area contributed by atoms with Gasteiger partial charge in [-0.15, -0.1) is 0 Å². The molecular weight excluding hydrogens is 487 g/mol. The molecule has 0 aliphatic carbocycles. The number of aryl methyl sites for hydroxylation is 1. The minimum absolute atomic E-state index is 0.0581. The van der Waals surface area contributed by atoms with Crippen molar-refractivity contribution in [2.75, 3.05) is 17.6 Å². The molecule has 1 heterocycles. The lowest BCUT2D eigenvalue weighted by molar-refractivity contribution is -0.119. The molecule has 7 nitrogen and oxygen atoms in total. The van der Waals surface area contributed by atoms with E-state index in [9.17, 15) is 13.2 Å². The fourth-order valence-electron chi connectivity index (χ4n) is 3.23. The number of ether oxygens (including phenoxy) is 2. The van der Waals surface area contributed by atoms with E-state index < -0.39 is 22.5 Å². The Kier molecular flexibility index (Phi) is 6.69. The van der Waals surface area contributed by atoms with E-state index in [4.69, 9.17) is 32.7 Å². The summed E-state index contributed by atoms with van der Waals surface area (Å²) in [6.45, 7) is 1.76. The lowest BCUT2D eigenvalue weighted by Gasteiger charge is -2.24. The molecule has 1 aliphatic heterocycles. The number of nitrogens with one attached hydrogen (secondary N) is 1. The second kappa shape index (κ2) is 9.51. The van der Waals surface area contributed by atoms with Gasteiger partial charge in [-0.25, -0.2) is 8.42 Å². The first-order chi connectivity index (χ1) is 15.7. The fourth-order valence-corrected chi connectivity index (χ4v) is 4.94. The first-order valence-electron chi connectivity index (χ1n) is 9.94. The van der Waals surface area contributed by atoms with Gasteiger partial charge in [0.1, 0.15) is 6.54 Å². The molecule has 172 valence electrons. The molecular formula is C23H20Cl2N2O5S. The number of nitrogens with zero attached hydrogens (tertiary/aromatic N) is 1. The van der Waals surface area contributed by atoms with Gasteiger partial charge in [0, 0.05) is 6.54 Å². The van der Waals surface area contributed by atoms with Crippen molar-refractivity contribution in [2.45, 2.75) is 18.4 Å². The third-order valence-electron chi connectivity index (χ3n) is 5.01. The van der Waals surface area contributed by atoms with Crippen molar-refractivity contribution in [3.8, 4) is 11.5 Å². The van der Waals surface area contributed by atoms with Crippen LogP contribution < -0.4 is 19.1 Å². The molecule has 3 aromatic rings. The van der Waals surface area contributed by atoms with Gasteiger partial charge in [-0.3, -0.25) is 9.10 Å². The van der Waals surface area contributed by atoms with Gasteiger partial charge in [-0.2, -0.15) is 0 Å². The van der Waals surface area contributed by atoms with Crippen molar-refractivity contribution in [1.29, 1.82) is 0 Å².